The second-order valence-electron chi connectivity index (χ2n) is 5.78. The molecule has 0 amide bonds. The maximum Gasteiger partial charge on any atom is 0.0641 e. The normalized spacial score (nSPS) is 18.6. The summed E-state index contributed by atoms with van der Waals surface area (Å²) in [5.41, 5.74) is 0. The topological polar surface area (TPSA) is 60.7 Å². The zero-order chi connectivity index (χ0) is 13.0. The Morgan fingerprint density at radius 2 is 0.688 bits per heavy atom. The molecule has 0 aromatic rings. The van der Waals surface area contributed by atoms with Crippen molar-refractivity contribution in [1.29, 1.82) is 0 Å². The lowest BCUT2D eigenvalue weighted by Crippen LogP contribution is -2.47. The number of hydrogen-bond acceptors (Lipinski definition) is 3. The van der Waals surface area contributed by atoms with Crippen LogP contribution in [0.2, 0.25) is 0 Å². The van der Waals surface area contributed by atoms with E-state index in [-0.39, 0.29) is 17.8 Å². The highest BCUT2D eigenvalue weighted by Gasteiger charge is 2.37. The highest BCUT2D eigenvalue weighted by molar-refractivity contribution is 4.86. The molecule has 3 nitrogen and oxygen atoms in total. The second-order valence-corrected chi connectivity index (χ2v) is 5.78. The SMILES string of the molecule is CC(C)[C@H](O)C([C@@H](O)C(C)C)[C@@H](O)C(C)C. The summed E-state index contributed by atoms with van der Waals surface area (Å²) in [5, 5.41) is 30.3. The van der Waals surface area contributed by atoms with Crippen LogP contribution < -0.4 is 0 Å². The predicted octanol–water partition coefficient (Wildman–Crippen LogP) is 1.65. The van der Waals surface area contributed by atoms with Crippen LogP contribution in [0.5, 0.6) is 0 Å². The fraction of sp³-hybridized carbons (Fsp3) is 1.00. The molecule has 0 heterocycles. The van der Waals surface area contributed by atoms with Gasteiger partial charge in [-0.2, -0.15) is 0 Å². The maximum atomic E-state index is 10.1. The van der Waals surface area contributed by atoms with E-state index in [1.54, 1.807) is 0 Å². The number of aliphatic hydroxyl groups excluding tert-OH is 3. The summed E-state index contributed by atoms with van der Waals surface area (Å²) in [5.74, 6) is -0.370. The van der Waals surface area contributed by atoms with E-state index in [9.17, 15) is 15.3 Å². The average Bonchev–Trinajstić information content (AvgIpc) is 2.16. The van der Waals surface area contributed by atoms with E-state index < -0.39 is 24.2 Å². The molecule has 0 aromatic heterocycles. The standard InChI is InChI=1S/C13H28O3/c1-7(2)11(14)10(12(15)8(3)4)13(16)9(5)6/h7-16H,1-6H3/t11-,12-,13-/m0/s1. The molecule has 0 saturated heterocycles. The molecule has 0 aliphatic rings. The van der Waals surface area contributed by atoms with Gasteiger partial charge in [0.2, 0.25) is 0 Å². The molecule has 0 spiro atoms. The van der Waals surface area contributed by atoms with Crippen LogP contribution in [0, 0.1) is 23.7 Å². The fourth-order valence-electron chi connectivity index (χ4n) is 1.94. The third kappa shape index (κ3) is 4.04. The molecule has 98 valence electrons. The van der Waals surface area contributed by atoms with Crippen LogP contribution in [0.4, 0.5) is 0 Å². The Morgan fingerprint density at radius 3 is 0.812 bits per heavy atom. The summed E-state index contributed by atoms with van der Waals surface area (Å²) in [6.07, 6.45) is -2.01. The van der Waals surface area contributed by atoms with E-state index in [0.29, 0.717) is 0 Å². The molecular formula is C13H28O3. The lowest BCUT2D eigenvalue weighted by Gasteiger charge is -2.37. The van der Waals surface area contributed by atoms with Crippen LogP contribution in [0.1, 0.15) is 41.5 Å². The van der Waals surface area contributed by atoms with Gasteiger partial charge in [0.15, 0.2) is 0 Å². The smallest absolute Gasteiger partial charge is 0.0641 e. The molecule has 0 aliphatic carbocycles. The van der Waals surface area contributed by atoms with Gasteiger partial charge in [-0.05, 0) is 17.8 Å². The summed E-state index contributed by atoms with van der Waals surface area (Å²) in [6, 6.07) is 0. The number of hydrogen-bond donors (Lipinski definition) is 3. The average molecular weight is 232 g/mol. The Bertz CT molecular complexity index is 156. The van der Waals surface area contributed by atoms with Crippen LogP contribution in [-0.4, -0.2) is 33.6 Å². The van der Waals surface area contributed by atoms with Gasteiger partial charge in [-0.1, -0.05) is 41.5 Å². The van der Waals surface area contributed by atoms with Gasteiger partial charge < -0.3 is 15.3 Å². The first-order chi connectivity index (χ1) is 7.20. The van der Waals surface area contributed by atoms with E-state index in [4.69, 9.17) is 0 Å². The molecular weight excluding hydrogens is 204 g/mol. The molecule has 3 heteroatoms. The van der Waals surface area contributed by atoms with Crippen LogP contribution in [-0.2, 0) is 0 Å². The van der Waals surface area contributed by atoms with E-state index in [1.807, 2.05) is 41.5 Å². The van der Waals surface area contributed by atoms with Crippen molar-refractivity contribution >= 4 is 0 Å². The van der Waals surface area contributed by atoms with Gasteiger partial charge >= 0.3 is 0 Å². The molecule has 0 aliphatic heterocycles. The molecule has 0 bridgehead atoms. The van der Waals surface area contributed by atoms with Crippen molar-refractivity contribution in [1.82, 2.24) is 0 Å². The summed E-state index contributed by atoms with van der Waals surface area (Å²) >= 11 is 0. The van der Waals surface area contributed by atoms with Gasteiger partial charge in [0.25, 0.3) is 0 Å². The van der Waals surface area contributed by atoms with Crippen LogP contribution in [0.25, 0.3) is 0 Å². The second kappa shape index (κ2) is 6.58. The third-order valence-electron chi connectivity index (χ3n) is 3.23. The van der Waals surface area contributed by atoms with Crippen LogP contribution in [0.15, 0.2) is 0 Å². The Hall–Kier alpha value is -0.120. The van der Waals surface area contributed by atoms with Crippen molar-refractivity contribution in [3.05, 3.63) is 0 Å². The molecule has 0 unspecified atom stereocenters. The highest BCUT2D eigenvalue weighted by Crippen LogP contribution is 2.28. The fourth-order valence-corrected chi connectivity index (χ4v) is 1.94. The third-order valence-corrected chi connectivity index (χ3v) is 3.23. The van der Waals surface area contributed by atoms with E-state index in [0.717, 1.165) is 0 Å². The van der Waals surface area contributed by atoms with Crippen molar-refractivity contribution < 1.29 is 15.3 Å². The van der Waals surface area contributed by atoms with E-state index >= 15 is 0 Å². The summed E-state index contributed by atoms with van der Waals surface area (Å²) in [6.45, 7) is 11.4. The van der Waals surface area contributed by atoms with Gasteiger partial charge in [0.1, 0.15) is 0 Å². The minimum absolute atomic E-state index is 0.0341. The lowest BCUT2D eigenvalue weighted by molar-refractivity contribution is -0.0995. The number of aliphatic hydroxyl groups is 3. The monoisotopic (exact) mass is 232 g/mol. The zero-order valence-corrected chi connectivity index (χ0v) is 11.4. The summed E-state index contributed by atoms with van der Waals surface area (Å²) in [4.78, 5) is 0. The minimum Gasteiger partial charge on any atom is -0.392 e. The molecule has 0 aromatic carbocycles. The Labute approximate surface area is 99.5 Å². The zero-order valence-electron chi connectivity index (χ0n) is 11.4. The molecule has 0 radical (unpaired) electrons. The molecule has 16 heavy (non-hydrogen) atoms. The Morgan fingerprint density at radius 1 is 0.500 bits per heavy atom. The summed E-state index contributed by atoms with van der Waals surface area (Å²) < 4.78 is 0. The molecule has 3 N–H and O–H groups in total. The van der Waals surface area contributed by atoms with Crippen molar-refractivity contribution in [2.75, 3.05) is 0 Å². The van der Waals surface area contributed by atoms with Gasteiger partial charge in [-0.3, -0.25) is 0 Å². The van der Waals surface area contributed by atoms with E-state index in [2.05, 4.69) is 0 Å². The summed E-state index contributed by atoms with van der Waals surface area (Å²) in [7, 11) is 0. The minimum atomic E-state index is -0.671. The molecule has 0 fully saturated rings. The van der Waals surface area contributed by atoms with Gasteiger partial charge in [0.05, 0.1) is 18.3 Å². The van der Waals surface area contributed by atoms with Gasteiger partial charge in [-0.15, -0.1) is 0 Å². The maximum absolute atomic E-state index is 10.1. The highest BCUT2D eigenvalue weighted by atomic mass is 16.3. The molecule has 3 atom stereocenters. The van der Waals surface area contributed by atoms with Crippen molar-refractivity contribution in [3.63, 3.8) is 0 Å². The van der Waals surface area contributed by atoms with E-state index in [1.165, 1.54) is 0 Å². The van der Waals surface area contributed by atoms with Crippen LogP contribution >= 0.6 is 0 Å². The number of rotatable bonds is 6. The van der Waals surface area contributed by atoms with Crippen molar-refractivity contribution in [3.8, 4) is 0 Å². The van der Waals surface area contributed by atoms with Crippen molar-refractivity contribution in [2.45, 2.75) is 59.9 Å². The first-order valence-electron chi connectivity index (χ1n) is 6.24. The quantitative estimate of drug-likeness (QED) is 0.652. The van der Waals surface area contributed by atoms with Crippen molar-refractivity contribution in [2.24, 2.45) is 23.7 Å². The molecule has 0 rings (SSSR count). The van der Waals surface area contributed by atoms with Crippen LogP contribution in [0.3, 0.4) is 0 Å². The first-order valence-corrected chi connectivity index (χ1v) is 6.24. The predicted molar refractivity (Wildman–Crippen MR) is 66.0 cm³/mol. The molecule has 0 saturated carbocycles. The Balaban J connectivity index is 4.89. The first kappa shape index (κ1) is 15.9. The lowest BCUT2D eigenvalue weighted by atomic mass is 9.77. The Kier molecular flexibility index (Phi) is 6.53. The van der Waals surface area contributed by atoms with Gasteiger partial charge in [-0.25, -0.2) is 0 Å². The largest absolute Gasteiger partial charge is 0.392 e. The van der Waals surface area contributed by atoms with Gasteiger partial charge in [0, 0.05) is 5.92 Å².